The predicted molar refractivity (Wildman–Crippen MR) is 57.1 cm³/mol. The number of ether oxygens (including phenoxy) is 1. The molecular weight excluding hydrogens is 227 g/mol. The number of hydrogen-bond acceptors (Lipinski definition) is 3. The van der Waals surface area contributed by atoms with Crippen LogP contribution in [0.15, 0.2) is 18.2 Å². The Balaban J connectivity index is 2.45. The summed E-state index contributed by atoms with van der Waals surface area (Å²) in [6.45, 7) is -0.345. The third-order valence-electron chi connectivity index (χ3n) is 3.07. The molecule has 0 bridgehead atoms. The van der Waals surface area contributed by atoms with Gasteiger partial charge in [-0.1, -0.05) is 12.1 Å². The fourth-order valence-electron chi connectivity index (χ4n) is 2.28. The summed E-state index contributed by atoms with van der Waals surface area (Å²) >= 11 is 0. The van der Waals surface area contributed by atoms with E-state index in [1.807, 2.05) is 0 Å². The SMILES string of the molecule is O=C(O)C1(OCCO)CCc2c(F)cccc21. The number of aliphatic carboxylic acids is 1. The van der Waals surface area contributed by atoms with Crippen molar-refractivity contribution in [1.82, 2.24) is 0 Å². The Kier molecular flexibility index (Phi) is 3.13. The normalized spacial score (nSPS) is 22.5. The van der Waals surface area contributed by atoms with E-state index in [4.69, 9.17) is 9.84 Å². The van der Waals surface area contributed by atoms with Crippen LogP contribution in [-0.4, -0.2) is 29.4 Å². The van der Waals surface area contributed by atoms with Gasteiger partial charge in [0.2, 0.25) is 0 Å². The first-order valence-corrected chi connectivity index (χ1v) is 5.38. The molecule has 0 amide bonds. The molecule has 5 heteroatoms. The molecule has 0 heterocycles. The molecule has 1 aromatic carbocycles. The van der Waals surface area contributed by atoms with Crippen molar-refractivity contribution >= 4 is 5.97 Å². The van der Waals surface area contributed by atoms with Crippen molar-refractivity contribution in [2.75, 3.05) is 13.2 Å². The van der Waals surface area contributed by atoms with Gasteiger partial charge in [0.15, 0.2) is 5.60 Å². The van der Waals surface area contributed by atoms with Crippen molar-refractivity contribution < 1.29 is 24.1 Å². The lowest BCUT2D eigenvalue weighted by Gasteiger charge is -2.25. The van der Waals surface area contributed by atoms with Crippen LogP contribution in [0.4, 0.5) is 4.39 Å². The Bertz CT molecular complexity index is 446. The quantitative estimate of drug-likeness (QED) is 0.825. The van der Waals surface area contributed by atoms with Gasteiger partial charge in [-0.3, -0.25) is 0 Å². The van der Waals surface area contributed by atoms with Crippen LogP contribution in [0.3, 0.4) is 0 Å². The third kappa shape index (κ3) is 1.81. The monoisotopic (exact) mass is 240 g/mol. The lowest BCUT2D eigenvalue weighted by atomic mass is 9.95. The Labute approximate surface area is 97.6 Å². The van der Waals surface area contributed by atoms with Crippen LogP contribution in [0.2, 0.25) is 0 Å². The van der Waals surface area contributed by atoms with Crippen LogP contribution < -0.4 is 0 Å². The second-order valence-electron chi connectivity index (χ2n) is 3.97. The summed E-state index contributed by atoms with van der Waals surface area (Å²) in [6, 6.07) is 4.35. The molecule has 1 aliphatic rings. The summed E-state index contributed by atoms with van der Waals surface area (Å²) in [4.78, 5) is 11.4. The highest BCUT2D eigenvalue weighted by Crippen LogP contribution is 2.41. The number of benzene rings is 1. The lowest BCUT2D eigenvalue weighted by Crippen LogP contribution is -2.37. The Morgan fingerprint density at radius 1 is 1.53 bits per heavy atom. The van der Waals surface area contributed by atoms with E-state index in [1.165, 1.54) is 12.1 Å². The molecular formula is C12H13FO4. The number of carboxylic acids is 1. The van der Waals surface area contributed by atoms with Crippen molar-refractivity contribution in [2.24, 2.45) is 0 Å². The number of fused-ring (bicyclic) bond motifs is 1. The van der Waals surface area contributed by atoms with Crippen LogP contribution in [0.25, 0.3) is 0 Å². The number of rotatable bonds is 4. The molecule has 0 aliphatic heterocycles. The van der Waals surface area contributed by atoms with Gasteiger partial charge in [-0.25, -0.2) is 9.18 Å². The summed E-state index contributed by atoms with van der Waals surface area (Å²) in [5.41, 5.74) is -0.758. The van der Waals surface area contributed by atoms with Crippen molar-refractivity contribution in [3.63, 3.8) is 0 Å². The van der Waals surface area contributed by atoms with Gasteiger partial charge in [0.25, 0.3) is 0 Å². The number of carbonyl (C=O) groups is 1. The van der Waals surface area contributed by atoms with E-state index in [0.29, 0.717) is 17.5 Å². The number of halogens is 1. The van der Waals surface area contributed by atoms with Crippen molar-refractivity contribution in [3.05, 3.63) is 35.1 Å². The van der Waals surface area contributed by atoms with Crippen molar-refractivity contribution in [2.45, 2.75) is 18.4 Å². The average Bonchev–Trinajstić information content (AvgIpc) is 2.68. The van der Waals surface area contributed by atoms with E-state index in [-0.39, 0.29) is 19.6 Å². The van der Waals surface area contributed by atoms with E-state index in [2.05, 4.69) is 0 Å². The first-order chi connectivity index (χ1) is 8.12. The zero-order chi connectivity index (χ0) is 12.5. The molecule has 17 heavy (non-hydrogen) atoms. The van der Waals surface area contributed by atoms with Gasteiger partial charge in [0.05, 0.1) is 13.2 Å². The zero-order valence-electron chi connectivity index (χ0n) is 9.15. The molecule has 0 spiro atoms. The van der Waals surface area contributed by atoms with Crippen molar-refractivity contribution in [3.8, 4) is 0 Å². The lowest BCUT2D eigenvalue weighted by molar-refractivity contribution is -0.169. The first kappa shape index (κ1) is 12.0. The topological polar surface area (TPSA) is 66.8 Å². The van der Waals surface area contributed by atoms with Crippen LogP contribution in [-0.2, 0) is 21.6 Å². The Morgan fingerprint density at radius 2 is 2.29 bits per heavy atom. The predicted octanol–water partition coefficient (Wildman–Crippen LogP) is 1.06. The third-order valence-corrected chi connectivity index (χ3v) is 3.07. The maximum atomic E-state index is 13.5. The molecule has 1 aromatic rings. The van der Waals surface area contributed by atoms with Gasteiger partial charge in [-0.15, -0.1) is 0 Å². The van der Waals surface area contributed by atoms with Crippen LogP contribution in [0.5, 0.6) is 0 Å². The molecule has 0 fully saturated rings. The van der Waals surface area contributed by atoms with Gasteiger partial charge in [-0.2, -0.15) is 0 Å². The van der Waals surface area contributed by atoms with Gasteiger partial charge in [-0.05, 0) is 24.5 Å². The van der Waals surface area contributed by atoms with Crippen LogP contribution >= 0.6 is 0 Å². The minimum Gasteiger partial charge on any atom is -0.479 e. The van der Waals surface area contributed by atoms with E-state index >= 15 is 0 Å². The molecule has 1 atom stereocenters. The Morgan fingerprint density at radius 3 is 2.94 bits per heavy atom. The summed E-state index contributed by atoms with van der Waals surface area (Å²) in [5, 5.41) is 18.0. The molecule has 0 radical (unpaired) electrons. The number of hydrogen-bond donors (Lipinski definition) is 2. The molecule has 92 valence electrons. The molecule has 1 unspecified atom stereocenters. The minimum atomic E-state index is -1.51. The van der Waals surface area contributed by atoms with Gasteiger partial charge in [0, 0.05) is 5.56 Å². The van der Waals surface area contributed by atoms with Gasteiger partial charge < -0.3 is 14.9 Å². The summed E-state index contributed by atoms with van der Waals surface area (Å²) in [5.74, 6) is -1.55. The van der Waals surface area contributed by atoms with Crippen LogP contribution in [0, 0.1) is 5.82 Å². The second-order valence-corrected chi connectivity index (χ2v) is 3.97. The highest BCUT2D eigenvalue weighted by Gasteiger charge is 2.47. The zero-order valence-corrected chi connectivity index (χ0v) is 9.15. The maximum Gasteiger partial charge on any atom is 0.340 e. The largest absolute Gasteiger partial charge is 0.479 e. The van der Waals surface area contributed by atoms with E-state index in [1.54, 1.807) is 6.07 Å². The highest BCUT2D eigenvalue weighted by molar-refractivity contribution is 5.81. The summed E-state index contributed by atoms with van der Waals surface area (Å²) in [7, 11) is 0. The standard InChI is InChI=1S/C12H13FO4/c13-10-3-1-2-9-8(10)4-5-12(9,11(15)16)17-7-6-14/h1-3,14H,4-7H2,(H,15,16). The molecule has 1 aliphatic carbocycles. The highest BCUT2D eigenvalue weighted by atomic mass is 19.1. The fourth-order valence-corrected chi connectivity index (χ4v) is 2.28. The molecule has 0 saturated heterocycles. The average molecular weight is 240 g/mol. The van der Waals surface area contributed by atoms with E-state index in [9.17, 15) is 14.3 Å². The minimum absolute atomic E-state index is 0.0811. The van der Waals surface area contributed by atoms with Gasteiger partial charge in [0.1, 0.15) is 5.82 Å². The van der Waals surface area contributed by atoms with E-state index in [0.717, 1.165) is 0 Å². The molecule has 2 rings (SSSR count). The smallest absolute Gasteiger partial charge is 0.340 e. The molecule has 0 saturated carbocycles. The molecule has 4 nitrogen and oxygen atoms in total. The van der Waals surface area contributed by atoms with Crippen molar-refractivity contribution in [1.29, 1.82) is 0 Å². The van der Waals surface area contributed by atoms with Crippen LogP contribution in [0.1, 0.15) is 17.5 Å². The summed E-state index contributed by atoms with van der Waals surface area (Å²) < 4.78 is 18.8. The summed E-state index contributed by atoms with van der Waals surface area (Å²) in [6.07, 6.45) is 0.526. The van der Waals surface area contributed by atoms with E-state index < -0.39 is 17.4 Å². The number of carboxylic acid groups (broad SMARTS) is 1. The van der Waals surface area contributed by atoms with Gasteiger partial charge >= 0.3 is 5.97 Å². The fraction of sp³-hybridized carbons (Fsp3) is 0.417. The number of aliphatic hydroxyl groups is 1. The number of aliphatic hydroxyl groups excluding tert-OH is 1. The maximum absolute atomic E-state index is 13.5. The molecule has 2 N–H and O–H groups in total. The Hall–Kier alpha value is -1.46. The second kappa shape index (κ2) is 4.43. The first-order valence-electron chi connectivity index (χ1n) is 5.38. The molecule has 0 aromatic heterocycles.